The first-order valence-corrected chi connectivity index (χ1v) is 7.21. The molecule has 1 aliphatic rings. The lowest BCUT2D eigenvalue weighted by Crippen LogP contribution is -2.27. The molecule has 0 spiro atoms. The summed E-state index contributed by atoms with van der Waals surface area (Å²) in [5.41, 5.74) is 1.18. The van der Waals surface area contributed by atoms with E-state index in [0.29, 0.717) is 17.7 Å². The van der Waals surface area contributed by atoms with Gasteiger partial charge in [-0.3, -0.25) is 9.59 Å². The molecule has 1 fully saturated rings. The Morgan fingerprint density at radius 2 is 2.05 bits per heavy atom. The van der Waals surface area contributed by atoms with Gasteiger partial charge >= 0.3 is 0 Å². The van der Waals surface area contributed by atoms with E-state index < -0.39 is 0 Å². The first kappa shape index (κ1) is 15.5. The molecule has 2 amide bonds. The van der Waals surface area contributed by atoms with Crippen LogP contribution in [0.4, 0.5) is 5.69 Å². The summed E-state index contributed by atoms with van der Waals surface area (Å²) in [6.07, 6.45) is 2.63. The Labute approximate surface area is 123 Å². The highest BCUT2D eigenvalue weighted by molar-refractivity contribution is 5.95. The number of nitrogens with one attached hydrogen (secondary N) is 3. The van der Waals surface area contributed by atoms with E-state index in [2.05, 4.69) is 16.0 Å². The molecule has 1 aromatic rings. The van der Waals surface area contributed by atoms with Gasteiger partial charge in [-0.05, 0) is 43.7 Å². The maximum absolute atomic E-state index is 11.9. The first-order chi connectivity index (χ1) is 10.2. The van der Waals surface area contributed by atoms with Crippen molar-refractivity contribution in [2.45, 2.75) is 25.3 Å². The highest BCUT2D eigenvalue weighted by Crippen LogP contribution is 2.13. The van der Waals surface area contributed by atoms with E-state index >= 15 is 0 Å². The predicted molar refractivity (Wildman–Crippen MR) is 80.1 cm³/mol. The van der Waals surface area contributed by atoms with Gasteiger partial charge in [0, 0.05) is 30.3 Å². The summed E-state index contributed by atoms with van der Waals surface area (Å²) < 4.78 is 0. The summed E-state index contributed by atoms with van der Waals surface area (Å²) in [5.74, 6) is -0.260. The SMILES string of the molecule is O=C(CC1CCCN1)Nc1ccc(C(=O)NCCO)cc1. The van der Waals surface area contributed by atoms with Gasteiger partial charge < -0.3 is 21.1 Å². The number of amides is 2. The number of aliphatic hydroxyl groups excluding tert-OH is 1. The summed E-state index contributed by atoms with van der Waals surface area (Å²) in [6, 6.07) is 6.97. The van der Waals surface area contributed by atoms with Crippen molar-refractivity contribution in [1.82, 2.24) is 10.6 Å². The maximum atomic E-state index is 11.9. The van der Waals surface area contributed by atoms with Crippen molar-refractivity contribution < 1.29 is 14.7 Å². The van der Waals surface area contributed by atoms with Gasteiger partial charge in [-0.2, -0.15) is 0 Å². The van der Waals surface area contributed by atoms with E-state index in [0.717, 1.165) is 19.4 Å². The highest BCUT2D eigenvalue weighted by atomic mass is 16.3. The van der Waals surface area contributed by atoms with Gasteiger partial charge in [0.25, 0.3) is 5.91 Å². The van der Waals surface area contributed by atoms with E-state index in [4.69, 9.17) is 5.11 Å². The second kappa shape index (κ2) is 7.75. The van der Waals surface area contributed by atoms with Gasteiger partial charge in [-0.1, -0.05) is 0 Å². The predicted octanol–water partition coefficient (Wildman–Crippen LogP) is 0.489. The van der Waals surface area contributed by atoms with Crippen molar-refractivity contribution in [1.29, 1.82) is 0 Å². The van der Waals surface area contributed by atoms with Crippen LogP contribution in [0.25, 0.3) is 0 Å². The van der Waals surface area contributed by atoms with Gasteiger partial charge in [0.15, 0.2) is 0 Å². The number of hydrogen-bond donors (Lipinski definition) is 4. The Morgan fingerprint density at radius 1 is 1.29 bits per heavy atom. The zero-order valence-corrected chi connectivity index (χ0v) is 11.9. The minimum absolute atomic E-state index is 0.0214. The molecule has 1 unspecified atom stereocenters. The standard InChI is InChI=1S/C15H21N3O3/c19-9-8-17-15(21)11-3-5-12(6-4-11)18-14(20)10-13-2-1-7-16-13/h3-6,13,16,19H,1-2,7-10H2,(H,17,21)(H,18,20). The number of carbonyl (C=O) groups excluding carboxylic acids is 2. The van der Waals surface area contributed by atoms with Crippen LogP contribution in [0, 0.1) is 0 Å². The molecule has 2 rings (SSSR count). The normalized spacial score (nSPS) is 17.5. The molecule has 0 aliphatic carbocycles. The molecular weight excluding hydrogens is 270 g/mol. The van der Waals surface area contributed by atoms with Crippen LogP contribution in [0.3, 0.4) is 0 Å². The lowest BCUT2D eigenvalue weighted by Gasteiger charge is -2.11. The molecule has 1 aromatic carbocycles. The minimum Gasteiger partial charge on any atom is -0.395 e. The fourth-order valence-corrected chi connectivity index (χ4v) is 2.34. The second-order valence-electron chi connectivity index (χ2n) is 5.10. The summed E-state index contributed by atoms with van der Waals surface area (Å²) in [4.78, 5) is 23.5. The zero-order chi connectivity index (χ0) is 15.1. The zero-order valence-electron chi connectivity index (χ0n) is 11.9. The largest absolute Gasteiger partial charge is 0.395 e. The molecule has 114 valence electrons. The summed E-state index contributed by atoms with van der Waals surface area (Å²) >= 11 is 0. The quantitative estimate of drug-likeness (QED) is 0.614. The smallest absolute Gasteiger partial charge is 0.251 e. The van der Waals surface area contributed by atoms with E-state index in [1.54, 1.807) is 24.3 Å². The number of hydrogen-bond acceptors (Lipinski definition) is 4. The van der Waals surface area contributed by atoms with Gasteiger partial charge in [0.2, 0.25) is 5.91 Å². The van der Waals surface area contributed by atoms with Crippen LogP contribution in [-0.4, -0.2) is 42.7 Å². The number of rotatable bonds is 6. The van der Waals surface area contributed by atoms with Crippen LogP contribution < -0.4 is 16.0 Å². The Kier molecular flexibility index (Phi) is 5.71. The van der Waals surface area contributed by atoms with Gasteiger partial charge in [0.05, 0.1) is 6.61 Å². The van der Waals surface area contributed by atoms with Crippen LogP contribution in [0.1, 0.15) is 29.6 Å². The number of aliphatic hydroxyl groups is 1. The fraction of sp³-hybridized carbons (Fsp3) is 0.467. The summed E-state index contributed by atoms with van der Waals surface area (Å²) in [7, 11) is 0. The molecule has 1 aliphatic heterocycles. The molecule has 0 aromatic heterocycles. The molecule has 1 atom stereocenters. The third-order valence-corrected chi connectivity index (χ3v) is 3.42. The van der Waals surface area contributed by atoms with Crippen LogP contribution in [0.5, 0.6) is 0 Å². The molecule has 6 heteroatoms. The number of anilines is 1. The van der Waals surface area contributed by atoms with E-state index in [1.165, 1.54) is 0 Å². The van der Waals surface area contributed by atoms with Crippen molar-refractivity contribution in [3.63, 3.8) is 0 Å². The average molecular weight is 291 g/mol. The molecule has 0 bridgehead atoms. The monoisotopic (exact) mass is 291 g/mol. The second-order valence-corrected chi connectivity index (χ2v) is 5.10. The van der Waals surface area contributed by atoms with Gasteiger partial charge in [0.1, 0.15) is 0 Å². The van der Waals surface area contributed by atoms with Crippen LogP contribution in [0.15, 0.2) is 24.3 Å². The molecular formula is C15H21N3O3. The van der Waals surface area contributed by atoms with E-state index in [9.17, 15) is 9.59 Å². The van der Waals surface area contributed by atoms with Crippen LogP contribution >= 0.6 is 0 Å². The number of carbonyl (C=O) groups is 2. The lowest BCUT2D eigenvalue weighted by molar-refractivity contribution is -0.116. The van der Waals surface area contributed by atoms with Gasteiger partial charge in [-0.25, -0.2) is 0 Å². The van der Waals surface area contributed by atoms with Crippen LogP contribution in [0.2, 0.25) is 0 Å². The highest BCUT2D eigenvalue weighted by Gasteiger charge is 2.17. The Morgan fingerprint density at radius 3 is 2.67 bits per heavy atom. The fourth-order valence-electron chi connectivity index (χ4n) is 2.34. The first-order valence-electron chi connectivity index (χ1n) is 7.21. The Hall–Kier alpha value is -1.92. The summed E-state index contributed by atoms with van der Waals surface area (Å²) in [5, 5.41) is 17.3. The van der Waals surface area contributed by atoms with Crippen molar-refractivity contribution in [3.8, 4) is 0 Å². The van der Waals surface area contributed by atoms with Crippen molar-refractivity contribution in [2.75, 3.05) is 25.0 Å². The molecule has 0 saturated carbocycles. The lowest BCUT2D eigenvalue weighted by atomic mass is 10.1. The van der Waals surface area contributed by atoms with Crippen molar-refractivity contribution in [2.24, 2.45) is 0 Å². The molecule has 1 heterocycles. The summed E-state index contributed by atoms with van der Waals surface area (Å²) in [6.45, 7) is 1.12. The number of benzene rings is 1. The van der Waals surface area contributed by atoms with Crippen LogP contribution in [-0.2, 0) is 4.79 Å². The van der Waals surface area contributed by atoms with E-state index in [1.807, 2.05) is 0 Å². The maximum Gasteiger partial charge on any atom is 0.251 e. The molecule has 1 saturated heterocycles. The third-order valence-electron chi connectivity index (χ3n) is 3.42. The van der Waals surface area contributed by atoms with Gasteiger partial charge in [-0.15, -0.1) is 0 Å². The molecule has 0 radical (unpaired) electrons. The Balaban J connectivity index is 1.83. The van der Waals surface area contributed by atoms with Crippen molar-refractivity contribution in [3.05, 3.63) is 29.8 Å². The molecule has 4 N–H and O–H groups in total. The third kappa shape index (κ3) is 4.84. The molecule has 21 heavy (non-hydrogen) atoms. The average Bonchev–Trinajstić information content (AvgIpc) is 2.98. The topological polar surface area (TPSA) is 90.5 Å². The Bertz CT molecular complexity index is 481. The minimum atomic E-state index is -0.239. The van der Waals surface area contributed by atoms with Crippen molar-refractivity contribution >= 4 is 17.5 Å². The molecule has 6 nitrogen and oxygen atoms in total. The van der Waals surface area contributed by atoms with E-state index in [-0.39, 0.29) is 31.0 Å².